The van der Waals surface area contributed by atoms with Crippen molar-refractivity contribution in [2.75, 3.05) is 18.6 Å². The Morgan fingerprint density at radius 3 is 2.59 bits per heavy atom. The number of ether oxygens (including phenoxy) is 1. The summed E-state index contributed by atoms with van der Waals surface area (Å²) in [4.78, 5) is 13.5. The summed E-state index contributed by atoms with van der Waals surface area (Å²) in [6, 6.07) is 8.16. The minimum absolute atomic E-state index is 0.0832. The highest BCUT2D eigenvalue weighted by atomic mass is 16.5. The summed E-state index contributed by atoms with van der Waals surface area (Å²) in [5, 5.41) is 0. The Kier molecular flexibility index (Phi) is 2.86. The Morgan fingerprint density at radius 2 is 2.00 bits per heavy atom. The molecule has 1 aromatic carbocycles. The van der Waals surface area contributed by atoms with Gasteiger partial charge in [-0.1, -0.05) is 39.0 Å². The molecule has 0 N–H and O–H groups in total. The number of methoxy groups -OCH3 is 1. The molecule has 0 bridgehead atoms. The second-order valence-corrected chi connectivity index (χ2v) is 5.46. The molecule has 1 fully saturated rings. The highest BCUT2D eigenvalue weighted by molar-refractivity contribution is 5.87. The number of hydrogen-bond acceptors (Lipinski definition) is 3. The highest BCUT2D eigenvalue weighted by Crippen LogP contribution is 2.37. The van der Waals surface area contributed by atoms with Crippen molar-refractivity contribution in [1.29, 1.82) is 0 Å². The first-order chi connectivity index (χ1) is 7.95. The van der Waals surface area contributed by atoms with E-state index in [4.69, 9.17) is 4.74 Å². The van der Waals surface area contributed by atoms with E-state index < -0.39 is 0 Å². The third-order valence-electron chi connectivity index (χ3n) is 3.11. The maximum absolute atomic E-state index is 11.5. The van der Waals surface area contributed by atoms with Crippen LogP contribution in [0.1, 0.15) is 26.3 Å². The molecule has 1 aliphatic heterocycles. The monoisotopic (exact) mass is 233 g/mol. The quantitative estimate of drug-likeness (QED) is 0.580. The molecule has 1 heterocycles. The molecule has 0 saturated carbocycles. The molecule has 1 atom stereocenters. The van der Waals surface area contributed by atoms with Crippen LogP contribution in [-0.4, -0.2) is 25.7 Å². The van der Waals surface area contributed by atoms with Crippen LogP contribution >= 0.6 is 0 Å². The van der Waals surface area contributed by atoms with Gasteiger partial charge in [-0.2, -0.15) is 0 Å². The average Bonchev–Trinajstić information content (AvgIpc) is 3.07. The summed E-state index contributed by atoms with van der Waals surface area (Å²) >= 11 is 0. The van der Waals surface area contributed by atoms with Crippen LogP contribution in [0.25, 0.3) is 0 Å². The van der Waals surface area contributed by atoms with Crippen LogP contribution in [0, 0.1) is 0 Å². The van der Waals surface area contributed by atoms with Crippen molar-refractivity contribution in [2.24, 2.45) is 0 Å². The zero-order valence-corrected chi connectivity index (χ0v) is 10.9. The number of rotatable bonds is 2. The zero-order chi connectivity index (χ0) is 12.6. The van der Waals surface area contributed by atoms with Gasteiger partial charge >= 0.3 is 5.97 Å². The molecule has 0 radical (unpaired) electrons. The topological polar surface area (TPSA) is 29.3 Å². The molecule has 1 unspecified atom stereocenters. The Labute approximate surface area is 102 Å². The van der Waals surface area contributed by atoms with E-state index in [1.807, 2.05) is 12.1 Å². The van der Waals surface area contributed by atoms with Gasteiger partial charge in [0.05, 0.1) is 13.7 Å². The van der Waals surface area contributed by atoms with Gasteiger partial charge in [0.15, 0.2) is 0 Å². The van der Waals surface area contributed by atoms with Crippen molar-refractivity contribution in [3.63, 3.8) is 0 Å². The normalized spacial score (nSPS) is 19.1. The van der Waals surface area contributed by atoms with E-state index >= 15 is 0 Å². The first-order valence-corrected chi connectivity index (χ1v) is 5.89. The highest BCUT2D eigenvalue weighted by Gasteiger charge is 2.43. The Hall–Kier alpha value is -1.51. The Balaban J connectivity index is 2.27. The second kappa shape index (κ2) is 4.06. The molecule has 1 saturated heterocycles. The van der Waals surface area contributed by atoms with Crippen LogP contribution in [0.2, 0.25) is 0 Å². The molecule has 2 rings (SSSR count). The average molecular weight is 233 g/mol. The SMILES string of the molecule is COC(=O)C1CN1c1ccccc1C(C)(C)C. The summed E-state index contributed by atoms with van der Waals surface area (Å²) in [5.74, 6) is -0.145. The molecule has 0 amide bonds. The minimum Gasteiger partial charge on any atom is -0.467 e. The lowest BCUT2D eigenvalue weighted by Gasteiger charge is -2.23. The molecule has 17 heavy (non-hydrogen) atoms. The fourth-order valence-corrected chi connectivity index (χ4v) is 2.10. The van der Waals surface area contributed by atoms with E-state index in [0.717, 1.165) is 12.2 Å². The van der Waals surface area contributed by atoms with E-state index in [2.05, 4.69) is 37.8 Å². The lowest BCUT2D eigenvalue weighted by Crippen LogP contribution is -2.18. The first-order valence-electron chi connectivity index (χ1n) is 5.89. The Morgan fingerprint density at radius 1 is 1.35 bits per heavy atom. The van der Waals surface area contributed by atoms with Crippen LogP contribution in [0.15, 0.2) is 24.3 Å². The summed E-state index contributed by atoms with van der Waals surface area (Å²) < 4.78 is 4.77. The van der Waals surface area contributed by atoms with Gasteiger partial charge in [0.25, 0.3) is 0 Å². The third kappa shape index (κ3) is 2.28. The third-order valence-corrected chi connectivity index (χ3v) is 3.11. The predicted molar refractivity (Wildman–Crippen MR) is 68.3 cm³/mol. The van der Waals surface area contributed by atoms with Crippen LogP contribution in [0.4, 0.5) is 5.69 Å². The Bertz CT molecular complexity index is 434. The van der Waals surface area contributed by atoms with Gasteiger partial charge in [-0.25, -0.2) is 4.79 Å². The molecule has 0 aliphatic carbocycles. The largest absolute Gasteiger partial charge is 0.467 e. The molecular formula is C14H19NO2. The summed E-state index contributed by atoms with van der Waals surface area (Å²) in [7, 11) is 1.44. The molecule has 0 spiro atoms. The van der Waals surface area contributed by atoms with Gasteiger partial charge in [-0.15, -0.1) is 0 Å². The van der Waals surface area contributed by atoms with Crippen LogP contribution in [-0.2, 0) is 14.9 Å². The number of carbonyl (C=O) groups is 1. The summed E-state index contributed by atoms with van der Waals surface area (Å²) in [6.07, 6.45) is 0. The van der Waals surface area contributed by atoms with Crippen LogP contribution in [0.3, 0.4) is 0 Å². The minimum atomic E-state index is -0.145. The summed E-state index contributed by atoms with van der Waals surface area (Å²) in [6.45, 7) is 7.31. The van der Waals surface area contributed by atoms with Crippen LogP contribution in [0.5, 0.6) is 0 Å². The van der Waals surface area contributed by atoms with Gasteiger partial charge in [-0.3, -0.25) is 0 Å². The van der Waals surface area contributed by atoms with Gasteiger partial charge in [0, 0.05) is 5.69 Å². The standard InChI is InChI=1S/C14H19NO2/c1-14(2,3)10-7-5-6-8-11(10)15-9-12(15)13(16)17-4/h5-8,12H,9H2,1-4H3. The molecule has 92 valence electrons. The van der Waals surface area contributed by atoms with E-state index in [-0.39, 0.29) is 17.4 Å². The maximum Gasteiger partial charge on any atom is 0.330 e. The van der Waals surface area contributed by atoms with E-state index in [1.54, 1.807) is 0 Å². The number of hydrogen-bond donors (Lipinski definition) is 0. The smallest absolute Gasteiger partial charge is 0.330 e. The lowest BCUT2D eigenvalue weighted by molar-refractivity contribution is -0.139. The van der Waals surface area contributed by atoms with Crippen molar-refractivity contribution in [3.05, 3.63) is 29.8 Å². The number of para-hydroxylation sites is 1. The van der Waals surface area contributed by atoms with Crippen molar-refractivity contribution >= 4 is 11.7 Å². The van der Waals surface area contributed by atoms with Crippen molar-refractivity contribution < 1.29 is 9.53 Å². The van der Waals surface area contributed by atoms with Gasteiger partial charge in [0.1, 0.15) is 6.04 Å². The fourth-order valence-electron chi connectivity index (χ4n) is 2.10. The van der Waals surface area contributed by atoms with E-state index in [0.29, 0.717) is 0 Å². The number of anilines is 1. The van der Waals surface area contributed by atoms with Gasteiger partial charge in [-0.05, 0) is 17.0 Å². The van der Waals surface area contributed by atoms with Gasteiger partial charge < -0.3 is 9.64 Å². The number of nitrogens with zero attached hydrogens (tertiary/aromatic N) is 1. The molecule has 3 nitrogen and oxygen atoms in total. The van der Waals surface area contributed by atoms with E-state index in [1.165, 1.54) is 12.7 Å². The molecule has 0 aromatic heterocycles. The maximum atomic E-state index is 11.5. The molecule has 1 aromatic rings. The lowest BCUT2D eigenvalue weighted by atomic mass is 9.86. The second-order valence-electron chi connectivity index (χ2n) is 5.46. The fraction of sp³-hybridized carbons (Fsp3) is 0.500. The molecule has 1 aliphatic rings. The van der Waals surface area contributed by atoms with Crippen molar-refractivity contribution in [1.82, 2.24) is 0 Å². The van der Waals surface area contributed by atoms with Crippen LogP contribution < -0.4 is 4.90 Å². The molecular weight excluding hydrogens is 214 g/mol. The van der Waals surface area contributed by atoms with Crippen molar-refractivity contribution in [3.8, 4) is 0 Å². The first kappa shape index (κ1) is 12.0. The number of esters is 1. The van der Waals surface area contributed by atoms with Crippen molar-refractivity contribution in [2.45, 2.75) is 32.2 Å². The van der Waals surface area contributed by atoms with E-state index in [9.17, 15) is 4.79 Å². The molecule has 3 heteroatoms. The summed E-state index contributed by atoms with van der Waals surface area (Å²) in [5.41, 5.74) is 2.50. The zero-order valence-electron chi connectivity index (χ0n) is 10.9. The number of benzene rings is 1. The number of carbonyl (C=O) groups excluding carboxylic acids is 1. The van der Waals surface area contributed by atoms with Gasteiger partial charge in [0.2, 0.25) is 0 Å². The predicted octanol–water partition coefficient (Wildman–Crippen LogP) is 2.35.